The highest BCUT2D eigenvalue weighted by Gasteiger charge is 2.08. The number of nitrogens with two attached hydrogens (primary N) is 1. The first kappa shape index (κ1) is 13.5. The standard InChI is InChI=1S/C13H20N2O2/c1-2-3-10-15(14)13(17)9-6-11-4-7-12(16)8-5-11/h4-5,7-8,16H,2-3,6,9-10,14H2,1H3. The fourth-order valence-corrected chi connectivity index (χ4v) is 1.51. The average Bonchev–Trinajstić information content (AvgIpc) is 2.34. The van der Waals surface area contributed by atoms with Crippen LogP contribution in [0.15, 0.2) is 24.3 Å². The molecule has 4 nitrogen and oxygen atoms in total. The van der Waals surface area contributed by atoms with E-state index >= 15 is 0 Å². The first-order chi connectivity index (χ1) is 8.13. The molecule has 0 aliphatic rings. The van der Waals surface area contributed by atoms with Gasteiger partial charge in [-0.25, -0.2) is 5.84 Å². The number of rotatable bonds is 6. The van der Waals surface area contributed by atoms with Crippen LogP contribution in [0.3, 0.4) is 0 Å². The number of hydrogen-bond acceptors (Lipinski definition) is 3. The maximum atomic E-state index is 11.6. The van der Waals surface area contributed by atoms with Crippen LogP contribution in [0.5, 0.6) is 5.75 Å². The molecule has 17 heavy (non-hydrogen) atoms. The minimum Gasteiger partial charge on any atom is -0.508 e. The Morgan fingerprint density at radius 2 is 2.00 bits per heavy atom. The number of aromatic hydroxyl groups is 1. The van der Waals surface area contributed by atoms with Gasteiger partial charge in [-0.15, -0.1) is 0 Å². The van der Waals surface area contributed by atoms with Crippen molar-refractivity contribution < 1.29 is 9.90 Å². The zero-order valence-corrected chi connectivity index (χ0v) is 10.2. The van der Waals surface area contributed by atoms with Gasteiger partial charge < -0.3 is 5.11 Å². The molecule has 4 heteroatoms. The van der Waals surface area contributed by atoms with Gasteiger partial charge in [0.2, 0.25) is 5.91 Å². The molecule has 0 saturated carbocycles. The molecule has 0 heterocycles. The lowest BCUT2D eigenvalue weighted by molar-refractivity contribution is -0.131. The van der Waals surface area contributed by atoms with Gasteiger partial charge in [-0.05, 0) is 30.5 Å². The van der Waals surface area contributed by atoms with Crippen LogP contribution in [-0.4, -0.2) is 22.6 Å². The predicted molar refractivity (Wildman–Crippen MR) is 67.2 cm³/mol. The molecule has 0 unspecified atom stereocenters. The molecule has 0 radical (unpaired) electrons. The van der Waals surface area contributed by atoms with Crippen molar-refractivity contribution in [2.45, 2.75) is 32.6 Å². The number of carbonyl (C=O) groups excluding carboxylic acids is 1. The van der Waals surface area contributed by atoms with Crippen molar-refractivity contribution in [2.75, 3.05) is 6.54 Å². The van der Waals surface area contributed by atoms with Gasteiger partial charge >= 0.3 is 0 Å². The Balaban J connectivity index is 2.34. The van der Waals surface area contributed by atoms with E-state index in [9.17, 15) is 4.79 Å². The molecule has 1 aromatic rings. The lowest BCUT2D eigenvalue weighted by atomic mass is 10.1. The minimum absolute atomic E-state index is 0.0356. The maximum absolute atomic E-state index is 11.6. The van der Waals surface area contributed by atoms with Gasteiger partial charge in [0.15, 0.2) is 0 Å². The fraction of sp³-hybridized carbons (Fsp3) is 0.462. The molecule has 0 aliphatic carbocycles. The second kappa shape index (κ2) is 6.91. The summed E-state index contributed by atoms with van der Waals surface area (Å²) in [5.41, 5.74) is 1.03. The third kappa shape index (κ3) is 4.87. The predicted octanol–water partition coefficient (Wildman–Crippen LogP) is 1.83. The van der Waals surface area contributed by atoms with Crippen molar-refractivity contribution in [3.63, 3.8) is 0 Å². The van der Waals surface area contributed by atoms with Crippen LogP contribution in [0.4, 0.5) is 0 Å². The lowest BCUT2D eigenvalue weighted by Gasteiger charge is -2.15. The van der Waals surface area contributed by atoms with Crippen LogP contribution in [0, 0.1) is 0 Å². The van der Waals surface area contributed by atoms with Gasteiger partial charge in [-0.2, -0.15) is 0 Å². The third-order valence-electron chi connectivity index (χ3n) is 2.64. The molecule has 0 fully saturated rings. The number of benzene rings is 1. The number of phenolic OH excluding ortho intramolecular Hbond substituents is 1. The molecule has 0 bridgehead atoms. The summed E-state index contributed by atoms with van der Waals surface area (Å²) in [5.74, 6) is 5.84. The molecular formula is C13H20N2O2. The molecular weight excluding hydrogens is 216 g/mol. The number of aryl methyl sites for hydroxylation is 1. The van der Waals surface area contributed by atoms with Crippen molar-refractivity contribution in [3.05, 3.63) is 29.8 Å². The Kier molecular flexibility index (Phi) is 5.49. The van der Waals surface area contributed by atoms with Crippen LogP contribution in [0.25, 0.3) is 0 Å². The van der Waals surface area contributed by atoms with Crippen LogP contribution in [0.1, 0.15) is 31.7 Å². The van der Waals surface area contributed by atoms with E-state index < -0.39 is 0 Å². The van der Waals surface area contributed by atoms with Crippen LogP contribution in [0.2, 0.25) is 0 Å². The molecule has 94 valence electrons. The fourth-order valence-electron chi connectivity index (χ4n) is 1.51. The number of phenols is 1. The zero-order chi connectivity index (χ0) is 12.7. The summed E-state index contributed by atoms with van der Waals surface area (Å²) in [5, 5.41) is 10.4. The van der Waals surface area contributed by atoms with Crippen molar-refractivity contribution in [3.8, 4) is 5.75 Å². The molecule has 0 aliphatic heterocycles. The van der Waals surface area contributed by atoms with Gasteiger partial charge in [-0.1, -0.05) is 25.5 Å². The summed E-state index contributed by atoms with van der Waals surface area (Å²) in [4.78, 5) is 11.6. The number of nitrogens with zero attached hydrogens (tertiary/aromatic N) is 1. The van der Waals surface area contributed by atoms with Gasteiger partial charge in [0, 0.05) is 13.0 Å². The highest BCUT2D eigenvalue weighted by atomic mass is 16.3. The summed E-state index contributed by atoms with van der Waals surface area (Å²) in [6, 6.07) is 6.87. The summed E-state index contributed by atoms with van der Waals surface area (Å²) in [6.45, 7) is 2.68. The highest BCUT2D eigenvalue weighted by Crippen LogP contribution is 2.11. The average molecular weight is 236 g/mol. The van der Waals surface area contributed by atoms with E-state index in [-0.39, 0.29) is 11.7 Å². The summed E-state index contributed by atoms with van der Waals surface area (Å²) < 4.78 is 0. The summed E-state index contributed by atoms with van der Waals surface area (Å²) in [7, 11) is 0. The third-order valence-corrected chi connectivity index (χ3v) is 2.64. The van der Waals surface area contributed by atoms with Crippen LogP contribution >= 0.6 is 0 Å². The topological polar surface area (TPSA) is 66.6 Å². The number of carbonyl (C=O) groups is 1. The van der Waals surface area contributed by atoms with Crippen LogP contribution in [-0.2, 0) is 11.2 Å². The Labute approximate surface area is 102 Å². The minimum atomic E-state index is -0.0356. The molecule has 1 amide bonds. The van der Waals surface area contributed by atoms with Gasteiger partial charge in [0.1, 0.15) is 5.75 Å². The van der Waals surface area contributed by atoms with Crippen molar-refractivity contribution in [1.29, 1.82) is 0 Å². The molecule has 0 atom stereocenters. The van der Waals surface area contributed by atoms with Crippen molar-refractivity contribution in [2.24, 2.45) is 5.84 Å². The van der Waals surface area contributed by atoms with Crippen LogP contribution < -0.4 is 5.84 Å². The van der Waals surface area contributed by atoms with E-state index in [0.717, 1.165) is 18.4 Å². The monoisotopic (exact) mass is 236 g/mol. The van der Waals surface area contributed by atoms with Gasteiger partial charge in [-0.3, -0.25) is 9.80 Å². The molecule has 1 aromatic carbocycles. The number of amides is 1. The second-order valence-corrected chi connectivity index (χ2v) is 4.11. The Hall–Kier alpha value is -1.55. The van der Waals surface area contributed by atoms with E-state index in [1.807, 2.05) is 12.1 Å². The highest BCUT2D eigenvalue weighted by molar-refractivity contribution is 5.75. The Bertz CT molecular complexity index is 349. The van der Waals surface area contributed by atoms with Gasteiger partial charge in [0.25, 0.3) is 0 Å². The SMILES string of the molecule is CCCCN(N)C(=O)CCc1ccc(O)cc1. The van der Waals surface area contributed by atoms with E-state index in [1.165, 1.54) is 5.01 Å². The summed E-state index contributed by atoms with van der Waals surface area (Å²) in [6.07, 6.45) is 3.02. The smallest absolute Gasteiger partial charge is 0.236 e. The lowest BCUT2D eigenvalue weighted by Crippen LogP contribution is -2.38. The van der Waals surface area contributed by atoms with E-state index in [0.29, 0.717) is 19.4 Å². The quantitative estimate of drug-likeness (QED) is 0.450. The van der Waals surface area contributed by atoms with E-state index in [4.69, 9.17) is 10.9 Å². The Morgan fingerprint density at radius 1 is 1.35 bits per heavy atom. The first-order valence-electron chi connectivity index (χ1n) is 5.96. The van der Waals surface area contributed by atoms with E-state index in [2.05, 4.69) is 6.92 Å². The number of hydrogen-bond donors (Lipinski definition) is 2. The molecule has 3 N–H and O–H groups in total. The van der Waals surface area contributed by atoms with Crippen molar-refractivity contribution >= 4 is 5.91 Å². The summed E-state index contributed by atoms with van der Waals surface area (Å²) >= 11 is 0. The normalized spacial score (nSPS) is 10.2. The Morgan fingerprint density at radius 3 is 2.59 bits per heavy atom. The van der Waals surface area contributed by atoms with Gasteiger partial charge in [0.05, 0.1) is 0 Å². The number of hydrazine groups is 1. The number of unbranched alkanes of at least 4 members (excludes halogenated alkanes) is 1. The van der Waals surface area contributed by atoms with Crippen molar-refractivity contribution in [1.82, 2.24) is 5.01 Å². The maximum Gasteiger partial charge on any atom is 0.236 e. The second-order valence-electron chi connectivity index (χ2n) is 4.11. The first-order valence-corrected chi connectivity index (χ1v) is 5.96. The molecule has 0 saturated heterocycles. The zero-order valence-electron chi connectivity index (χ0n) is 10.2. The molecule has 0 spiro atoms. The largest absolute Gasteiger partial charge is 0.508 e. The van der Waals surface area contributed by atoms with E-state index in [1.54, 1.807) is 12.1 Å². The molecule has 0 aromatic heterocycles. The molecule has 1 rings (SSSR count).